The minimum atomic E-state index is -0.589. The van der Waals surface area contributed by atoms with Gasteiger partial charge in [0, 0.05) is 5.70 Å². The molecule has 0 radical (unpaired) electrons. The first-order valence-electron chi connectivity index (χ1n) is 6.82. The van der Waals surface area contributed by atoms with Crippen molar-refractivity contribution in [2.75, 3.05) is 6.54 Å². The lowest BCUT2D eigenvalue weighted by molar-refractivity contribution is -0.119. The van der Waals surface area contributed by atoms with Crippen LogP contribution in [0, 0.1) is 5.92 Å². The monoisotopic (exact) mass is 280 g/mol. The zero-order chi connectivity index (χ0) is 15.3. The fourth-order valence-corrected chi connectivity index (χ4v) is 1.77. The molecule has 0 saturated heterocycles. The molecule has 0 aliphatic heterocycles. The van der Waals surface area contributed by atoms with E-state index in [9.17, 15) is 9.59 Å². The predicted octanol–water partition coefficient (Wildman–Crippen LogP) is 2.50. The highest BCUT2D eigenvalue weighted by Crippen LogP contribution is 2.20. The van der Waals surface area contributed by atoms with E-state index in [0.29, 0.717) is 0 Å². The van der Waals surface area contributed by atoms with Crippen LogP contribution in [0.25, 0.3) is 0 Å². The van der Waals surface area contributed by atoms with Crippen LogP contribution in [0.2, 0.25) is 0 Å². The van der Waals surface area contributed by atoms with E-state index >= 15 is 0 Å². The van der Waals surface area contributed by atoms with E-state index in [-0.39, 0.29) is 18.4 Å². The summed E-state index contributed by atoms with van der Waals surface area (Å²) < 4.78 is 5.06. The third-order valence-electron chi connectivity index (χ3n) is 2.78. The summed E-state index contributed by atoms with van der Waals surface area (Å²) in [5, 5.41) is 5.27. The molecule has 112 valence electrons. The van der Waals surface area contributed by atoms with Gasteiger partial charge in [-0.15, -0.1) is 0 Å². The van der Waals surface area contributed by atoms with Crippen molar-refractivity contribution in [1.82, 2.24) is 10.6 Å². The third-order valence-corrected chi connectivity index (χ3v) is 2.78. The van der Waals surface area contributed by atoms with Gasteiger partial charge in [-0.3, -0.25) is 4.79 Å². The summed E-state index contributed by atoms with van der Waals surface area (Å²) in [7, 11) is 0. The van der Waals surface area contributed by atoms with Crippen LogP contribution in [0.1, 0.15) is 41.0 Å². The first-order valence-corrected chi connectivity index (χ1v) is 6.82. The SMILES string of the molecule is CC1=CCC(C)C(NC(=O)CNC(=O)OC(C)(C)C)=C1. The van der Waals surface area contributed by atoms with Crippen LogP contribution >= 0.6 is 0 Å². The summed E-state index contributed by atoms with van der Waals surface area (Å²) in [4.78, 5) is 23.2. The van der Waals surface area contributed by atoms with Crippen LogP contribution in [0.15, 0.2) is 23.4 Å². The Hall–Kier alpha value is -1.78. The lowest BCUT2D eigenvalue weighted by atomic mass is 9.95. The second-order valence-electron chi connectivity index (χ2n) is 6.09. The molecule has 0 spiro atoms. The standard InChI is InChI=1S/C15H24N2O3/c1-10-6-7-11(2)12(8-10)17-13(18)9-16-14(19)20-15(3,4)5/h6,8,11H,7,9H2,1-5H3,(H,16,19)(H,17,18). The highest BCUT2D eigenvalue weighted by atomic mass is 16.6. The summed E-state index contributed by atoms with van der Waals surface area (Å²) in [5.41, 5.74) is 1.46. The normalized spacial score (nSPS) is 18.8. The highest BCUT2D eigenvalue weighted by Gasteiger charge is 2.18. The Balaban J connectivity index is 2.41. The highest BCUT2D eigenvalue weighted by molar-refractivity contribution is 5.83. The second kappa shape index (κ2) is 6.59. The molecular formula is C15H24N2O3. The van der Waals surface area contributed by atoms with Crippen molar-refractivity contribution >= 4 is 12.0 Å². The fourth-order valence-electron chi connectivity index (χ4n) is 1.77. The maximum atomic E-state index is 11.8. The lowest BCUT2D eigenvalue weighted by Crippen LogP contribution is -2.40. The second-order valence-corrected chi connectivity index (χ2v) is 6.09. The Labute approximate surface area is 120 Å². The predicted molar refractivity (Wildman–Crippen MR) is 78.0 cm³/mol. The topological polar surface area (TPSA) is 67.4 Å². The number of amides is 2. The first-order chi connectivity index (χ1) is 9.17. The van der Waals surface area contributed by atoms with Gasteiger partial charge in [0.15, 0.2) is 0 Å². The molecule has 0 bridgehead atoms. The molecule has 0 aromatic heterocycles. The molecule has 5 heteroatoms. The maximum Gasteiger partial charge on any atom is 0.408 e. The number of hydrogen-bond acceptors (Lipinski definition) is 3. The van der Waals surface area contributed by atoms with Gasteiger partial charge >= 0.3 is 6.09 Å². The van der Waals surface area contributed by atoms with Crippen molar-refractivity contribution in [3.8, 4) is 0 Å². The zero-order valence-electron chi connectivity index (χ0n) is 12.9. The summed E-state index contributed by atoms with van der Waals surface area (Å²) >= 11 is 0. The van der Waals surface area contributed by atoms with Gasteiger partial charge in [-0.1, -0.05) is 18.6 Å². The molecule has 1 atom stereocenters. The van der Waals surface area contributed by atoms with Gasteiger partial charge in [0.1, 0.15) is 12.1 Å². The molecule has 0 saturated carbocycles. The maximum absolute atomic E-state index is 11.8. The average molecular weight is 280 g/mol. The van der Waals surface area contributed by atoms with Gasteiger partial charge in [-0.2, -0.15) is 0 Å². The quantitative estimate of drug-likeness (QED) is 0.834. The molecule has 1 aliphatic carbocycles. The van der Waals surface area contributed by atoms with Crippen molar-refractivity contribution in [2.24, 2.45) is 5.92 Å². The molecule has 1 rings (SSSR count). The van der Waals surface area contributed by atoms with E-state index in [4.69, 9.17) is 4.74 Å². The van der Waals surface area contributed by atoms with Gasteiger partial charge in [-0.25, -0.2) is 4.79 Å². The molecule has 0 aromatic rings. The largest absolute Gasteiger partial charge is 0.444 e. The number of ether oxygens (including phenoxy) is 1. The van der Waals surface area contributed by atoms with Crippen molar-refractivity contribution in [1.29, 1.82) is 0 Å². The minimum absolute atomic E-state index is 0.0955. The van der Waals surface area contributed by atoms with E-state index in [1.54, 1.807) is 20.8 Å². The van der Waals surface area contributed by atoms with E-state index in [2.05, 4.69) is 23.6 Å². The van der Waals surface area contributed by atoms with Gasteiger partial charge < -0.3 is 15.4 Å². The fraction of sp³-hybridized carbons (Fsp3) is 0.600. The molecular weight excluding hydrogens is 256 g/mol. The minimum Gasteiger partial charge on any atom is -0.444 e. The Morgan fingerprint density at radius 3 is 2.65 bits per heavy atom. The summed E-state index contributed by atoms with van der Waals surface area (Å²) in [5.74, 6) is 0.0350. The first kappa shape index (κ1) is 16.3. The van der Waals surface area contributed by atoms with Gasteiger partial charge in [0.2, 0.25) is 5.91 Å². The van der Waals surface area contributed by atoms with Gasteiger partial charge in [0.25, 0.3) is 0 Å². The number of rotatable bonds is 3. The van der Waals surface area contributed by atoms with Crippen LogP contribution in [0.3, 0.4) is 0 Å². The Morgan fingerprint density at radius 2 is 2.05 bits per heavy atom. The number of hydrogen-bond donors (Lipinski definition) is 2. The molecule has 0 aromatic carbocycles. The molecule has 1 aliphatic rings. The zero-order valence-corrected chi connectivity index (χ0v) is 12.9. The van der Waals surface area contributed by atoms with Crippen LogP contribution in [0.4, 0.5) is 4.79 Å². The lowest BCUT2D eigenvalue weighted by Gasteiger charge is -2.21. The molecule has 0 fully saturated rings. The van der Waals surface area contributed by atoms with E-state index in [0.717, 1.165) is 17.7 Å². The van der Waals surface area contributed by atoms with Crippen LogP contribution in [-0.2, 0) is 9.53 Å². The average Bonchev–Trinajstić information content (AvgIpc) is 2.29. The Kier molecular flexibility index (Phi) is 5.36. The van der Waals surface area contributed by atoms with Crippen LogP contribution in [0.5, 0.6) is 0 Å². The van der Waals surface area contributed by atoms with Crippen LogP contribution in [-0.4, -0.2) is 24.1 Å². The summed E-state index contributed by atoms with van der Waals surface area (Å²) in [6.07, 6.45) is 4.42. The van der Waals surface area contributed by atoms with Crippen molar-refractivity contribution in [3.63, 3.8) is 0 Å². The summed E-state index contributed by atoms with van der Waals surface area (Å²) in [6.45, 7) is 9.28. The number of carbonyl (C=O) groups is 2. The molecule has 1 unspecified atom stereocenters. The van der Waals surface area contributed by atoms with Gasteiger partial charge in [0.05, 0.1) is 0 Å². The molecule has 2 amide bonds. The Bertz CT molecular complexity index is 445. The number of nitrogens with one attached hydrogen (secondary N) is 2. The van der Waals surface area contributed by atoms with Crippen molar-refractivity contribution < 1.29 is 14.3 Å². The van der Waals surface area contributed by atoms with Crippen molar-refractivity contribution in [3.05, 3.63) is 23.4 Å². The van der Waals surface area contributed by atoms with E-state index in [1.807, 2.05) is 13.0 Å². The molecule has 20 heavy (non-hydrogen) atoms. The number of carbonyl (C=O) groups excluding carboxylic acids is 2. The molecule has 2 N–H and O–H groups in total. The van der Waals surface area contributed by atoms with E-state index in [1.165, 1.54) is 0 Å². The summed E-state index contributed by atoms with van der Waals surface area (Å²) in [6, 6.07) is 0. The Morgan fingerprint density at radius 1 is 1.40 bits per heavy atom. The number of allylic oxidation sites excluding steroid dienone is 4. The van der Waals surface area contributed by atoms with Crippen molar-refractivity contribution in [2.45, 2.75) is 46.6 Å². The smallest absolute Gasteiger partial charge is 0.408 e. The van der Waals surface area contributed by atoms with E-state index < -0.39 is 11.7 Å². The van der Waals surface area contributed by atoms with Crippen LogP contribution < -0.4 is 10.6 Å². The molecule has 5 nitrogen and oxygen atoms in total. The van der Waals surface area contributed by atoms with Gasteiger partial charge in [-0.05, 0) is 46.1 Å². The number of alkyl carbamates (subject to hydrolysis) is 1. The molecule has 0 heterocycles. The third kappa shape index (κ3) is 5.91.